The minimum absolute atomic E-state index is 0.384. The number of allylic oxidation sites excluding steroid dienone is 2. The summed E-state index contributed by atoms with van der Waals surface area (Å²) in [5, 5.41) is 3.06. The summed E-state index contributed by atoms with van der Waals surface area (Å²) in [6.07, 6.45) is 8.12. The predicted octanol–water partition coefficient (Wildman–Crippen LogP) is 1.57. The Morgan fingerprint density at radius 2 is 2.50 bits per heavy atom. The van der Waals surface area contributed by atoms with E-state index in [4.69, 9.17) is 4.78 Å². The summed E-state index contributed by atoms with van der Waals surface area (Å²) < 4.78 is 7.55. The Kier molecular flexibility index (Phi) is 1.24. The maximum absolute atomic E-state index is 7.55. The van der Waals surface area contributed by atoms with Gasteiger partial charge in [0.05, 0.1) is 5.03 Å². The van der Waals surface area contributed by atoms with Crippen molar-refractivity contribution in [1.29, 1.82) is 4.78 Å². The summed E-state index contributed by atoms with van der Waals surface area (Å²) in [7, 11) is -0.384. The molecule has 1 N–H and O–H groups in total. The second-order valence-electron chi connectivity index (χ2n) is 2.21. The van der Waals surface area contributed by atoms with Crippen LogP contribution in [0.15, 0.2) is 34.9 Å². The van der Waals surface area contributed by atoms with E-state index in [1.807, 2.05) is 23.8 Å². The highest BCUT2D eigenvalue weighted by atomic mass is 32.2. The van der Waals surface area contributed by atoms with Gasteiger partial charge in [0.15, 0.2) is 0 Å². The molecule has 1 atom stereocenters. The molecule has 0 fully saturated rings. The van der Waals surface area contributed by atoms with E-state index in [9.17, 15) is 0 Å². The first kappa shape index (κ1) is 5.92. The number of nitrogens with zero attached hydrogens (tertiary/aromatic N) is 1. The smallest absolute Gasteiger partial charge is 0.0898 e. The van der Waals surface area contributed by atoms with Gasteiger partial charge in [-0.3, -0.25) is 4.78 Å². The van der Waals surface area contributed by atoms with E-state index < -0.39 is 0 Å². The lowest BCUT2D eigenvalue weighted by Gasteiger charge is -2.17. The van der Waals surface area contributed by atoms with E-state index in [0.29, 0.717) is 0 Å². The molecule has 0 saturated heterocycles. The minimum atomic E-state index is -0.384. The van der Waals surface area contributed by atoms with Crippen molar-refractivity contribution in [2.24, 2.45) is 0 Å². The SMILES string of the molecule is N=S1C=CN2CC=CC=C21. The first-order chi connectivity index (χ1) is 4.88. The second kappa shape index (κ2) is 2.09. The lowest BCUT2D eigenvalue weighted by Crippen LogP contribution is -2.15. The molecule has 2 aliphatic heterocycles. The number of fused-ring (bicyclic) bond motifs is 1. The highest BCUT2D eigenvalue weighted by Gasteiger charge is 2.15. The third-order valence-corrected chi connectivity index (χ3v) is 2.78. The lowest BCUT2D eigenvalue weighted by molar-refractivity contribution is 0.554. The number of rotatable bonds is 0. The van der Waals surface area contributed by atoms with Crippen molar-refractivity contribution in [3.05, 3.63) is 34.9 Å². The molecule has 2 nitrogen and oxygen atoms in total. The fraction of sp³-hybridized carbons (Fsp3) is 0.143. The van der Waals surface area contributed by atoms with Crippen LogP contribution in [0.1, 0.15) is 0 Å². The predicted molar refractivity (Wildman–Crippen MR) is 43.2 cm³/mol. The molecule has 0 radical (unpaired) electrons. The third-order valence-electron chi connectivity index (χ3n) is 1.56. The van der Waals surface area contributed by atoms with Gasteiger partial charge in [-0.05, 0) is 16.8 Å². The molecule has 0 aromatic heterocycles. The van der Waals surface area contributed by atoms with Gasteiger partial charge in [-0.15, -0.1) is 0 Å². The molecule has 0 amide bonds. The summed E-state index contributed by atoms with van der Waals surface area (Å²) in [6, 6.07) is 0. The number of hydrogen-bond acceptors (Lipinski definition) is 2. The Morgan fingerprint density at radius 1 is 1.60 bits per heavy atom. The monoisotopic (exact) mass is 152 g/mol. The van der Waals surface area contributed by atoms with Gasteiger partial charge in [-0.2, -0.15) is 0 Å². The van der Waals surface area contributed by atoms with Crippen LogP contribution in [0, 0.1) is 4.78 Å². The molecule has 2 heterocycles. The average molecular weight is 152 g/mol. The topological polar surface area (TPSA) is 27.1 Å². The minimum Gasteiger partial charge on any atom is -0.337 e. The Bertz CT molecular complexity index is 263. The van der Waals surface area contributed by atoms with Gasteiger partial charge in [0.1, 0.15) is 0 Å². The van der Waals surface area contributed by atoms with Gasteiger partial charge in [0.2, 0.25) is 0 Å². The van der Waals surface area contributed by atoms with Crippen molar-refractivity contribution >= 4 is 10.7 Å². The molecule has 0 bridgehead atoms. The first-order valence-corrected chi connectivity index (χ1v) is 4.43. The standard InChI is InChI=1S/C7H8N2S/c8-10-6-5-9-4-2-1-3-7(9)10/h1-3,5-6,8H,4H2. The zero-order valence-electron chi connectivity index (χ0n) is 5.45. The highest BCUT2D eigenvalue weighted by Crippen LogP contribution is 2.21. The number of nitrogens with one attached hydrogen (secondary N) is 1. The van der Waals surface area contributed by atoms with E-state index in [2.05, 4.69) is 11.0 Å². The fourth-order valence-electron chi connectivity index (χ4n) is 1.05. The molecule has 0 aromatic rings. The molecule has 0 aromatic carbocycles. The zero-order chi connectivity index (χ0) is 6.97. The van der Waals surface area contributed by atoms with Gasteiger partial charge in [-0.25, -0.2) is 0 Å². The Balaban J connectivity index is 2.40. The van der Waals surface area contributed by atoms with Gasteiger partial charge < -0.3 is 4.90 Å². The van der Waals surface area contributed by atoms with Gasteiger partial charge in [0.25, 0.3) is 0 Å². The van der Waals surface area contributed by atoms with Gasteiger partial charge >= 0.3 is 0 Å². The first-order valence-electron chi connectivity index (χ1n) is 3.14. The van der Waals surface area contributed by atoms with Crippen LogP contribution >= 0.6 is 0 Å². The van der Waals surface area contributed by atoms with Crippen molar-refractivity contribution in [1.82, 2.24) is 4.90 Å². The van der Waals surface area contributed by atoms with Crippen LogP contribution in [0.3, 0.4) is 0 Å². The molecule has 1 unspecified atom stereocenters. The quantitative estimate of drug-likeness (QED) is 0.560. The molecular formula is C7H8N2S. The molecule has 2 rings (SSSR count). The maximum atomic E-state index is 7.55. The van der Waals surface area contributed by atoms with Gasteiger partial charge in [-0.1, -0.05) is 12.2 Å². The van der Waals surface area contributed by atoms with Crippen LogP contribution in [0.5, 0.6) is 0 Å². The largest absolute Gasteiger partial charge is 0.337 e. The van der Waals surface area contributed by atoms with Crippen LogP contribution in [0.4, 0.5) is 0 Å². The molecule has 52 valence electrons. The van der Waals surface area contributed by atoms with Crippen molar-refractivity contribution in [2.45, 2.75) is 0 Å². The van der Waals surface area contributed by atoms with Gasteiger partial charge in [0, 0.05) is 18.2 Å². The highest BCUT2D eigenvalue weighted by molar-refractivity contribution is 7.93. The second-order valence-corrected chi connectivity index (χ2v) is 3.57. The Labute approximate surface area is 62.4 Å². The van der Waals surface area contributed by atoms with E-state index in [-0.39, 0.29) is 10.7 Å². The molecule has 2 aliphatic rings. The normalized spacial score (nSPS) is 28.6. The number of hydrogen-bond donors (Lipinski definition) is 1. The molecular weight excluding hydrogens is 144 g/mol. The molecule has 10 heavy (non-hydrogen) atoms. The molecule has 0 spiro atoms. The Morgan fingerprint density at radius 3 is 3.30 bits per heavy atom. The Hall–Kier alpha value is -0.830. The summed E-state index contributed by atoms with van der Waals surface area (Å²) in [5.74, 6) is 0. The average Bonchev–Trinajstić information content (AvgIpc) is 2.34. The summed E-state index contributed by atoms with van der Waals surface area (Å²) in [5.41, 5.74) is 0. The fourth-order valence-corrected chi connectivity index (χ4v) is 2.07. The summed E-state index contributed by atoms with van der Waals surface area (Å²) in [4.78, 5) is 2.11. The van der Waals surface area contributed by atoms with E-state index in [0.717, 1.165) is 11.6 Å². The van der Waals surface area contributed by atoms with E-state index in [1.165, 1.54) is 0 Å². The zero-order valence-corrected chi connectivity index (χ0v) is 6.27. The van der Waals surface area contributed by atoms with Crippen LogP contribution in [0.25, 0.3) is 0 Å². The van der Waals surface area contributed by atoms with Crippen LogP contribution in [-0.2, 0) is 10.7 Å². The van der Waals surface area contributed by atoms with Crippen LogP contribution in [-0.4, -0.2) is 11.4 Å². The molecule has 0 aliphatic carbocycles. The summed E-state index contributed by atoms with van der Waals surface area (Å²) >= 11 is 0. The van der Waals surface area contributed by atoms with Crippen molar-refractivity contribution < 1.29 is 0 Å². The molecule has 3 heteroatoms. The van der Waals surface area contributed by atoms with Crippen LogP contribution in [0.2, 0.25) is 0 Å². The van der Waals surface area contributed by atoms with E-state index >= 15 is 0 Å². The van der Waals surface area contributed by atoms with Crippen molar-refractivity contribution in [3.63, 3.8) is 0 Å². The maximum Gasteiger partial charge on any atom is 0.0898 e. The molecule has 0 saturated carbocycles. The summed E-state index contributed by atoms with van der Waals surface area (Å²) in [6.45, 7) is 0.935. The lowest BCUT2D eigenvalue weighted by atomic mass is 10.4. The third kappa shape index (κ3) is 0.743. The van der Waals surface area contributed by atoms with Crippen LogP contribution < -0.4 is 0 Å². The van der Waals surface area contributed by atoms with Crippen molar-refractivity contribution in [3.8, 4) is 0 Å². The van der Waals surface area contributed by atoms with E-state index in [1.54, 1.807) is 0 Å². The van der Waals surface area contributed by atoms with Crippen molar-refractivity contribution in [2.75, 3.05) is 6.54 Å².